The maximum atomic E-state index is 12.1. The van der Waals surface area contributed by atoms with Crippen LogP contribution < -0.4 is 10.9 Å². The predicted octanol–water partition coefficient (Wildman–Crippen LogP) is 1.52. The Morgan fingerprint density at radius 2 is 2.05 bits per heavy atom. The topological polar surface area (TPSA) is 101 Å². The fourth-order valence-corrected chi connectivity index (χ4v) is 2.71. The summed E-state index contributed by atoms with van der Waals surface area (Å²) >= 11 is 1.33. The van der Waals surface area contributed by atoms with E-state index in [1.807, 2.05) is 0 Å². The van der Waals surface area contributed by atoms with Gasteiger partial charge < -0.3 is 10.4 Å². The molecule has 0 bridgehead atoms. The Kier molecular flexibility index (Phi) is 5.65. The summed E-state index contributed by atoms with van der Waals surface area (Å²) in [6.07, 6.45) is 6.12. The van der Waals surface area contributed by atoms with Gasteiger partial charge >= 0.3 is 5.97 Å². The molecule has 2 N–H and O–H groups in total. The normalized spacial score (nSPS) is 10.7. The summed E-state index contributed by atoms with van der Waals surface area (Å²) in [7, 11) is 0. The Labute approximate surface area is 130 Å². The van der Waals surface area contributed by atoms with Gasteiger partial charge in [0.2, 0.25) is 0 Å². The van der Waals surface area contributed by atoms with Crippen molar-refractivity contribution in [3.8, 4) is 0 Å². The summed E-state index contributed by atoms with van der Waals surface area (Å²) in [5.41, 5.74) is -0.341. The van der Waals surface area contributed by atoms with Gasteiger partial charge in [-0.05, 0) is 12.8 Å². The highest BCUT2D eigenvalue weighted by Crippen LogP contribution is 2.06. The number of nitrogens with one attached hydrogen (secondary N) is 1. The molecule has 8 heteroatoms. The SMILES string of the molecule is O=C(O)CCCCCCNC(=O)c1cnc2sccn2c1=O. The molecule has 2 aromatic heterocycles. The summed E-state index contributed by atoms with van der Waals surface area (Å²) in [6, 6.07) is 0. The van der Waals surface area contributed by atoms with E-state index in [0.717, 1.165) is 19.3 Å². The summed E-state index contributed by atoms with van der Waals surface area (Å²) in [4.78, 5) is 39.0. The number of aliphatic carboxylic acids is 1. The summed E-state index contributed by atoms with van der Waals surface area (Å²) < 4.78 is 1.35. The number of carbonyl (C=O) groups excluding carboxylic acids is 1. The zero-order valence-electron chi connectivity index (χ0n) is 11.9. The van der Waals surface area contributed by atoms with E-state index in [0.29, 0.717) is 17.9 Å². The molecule has 2 aromatic rings. The fraction of sp³-hybridized carbons (Fsp3) is 0.429. The fourth-order valence-electron chi connectivity index (χ4n) is 2.03. The average molecular weight is 323 g/mol. The lowest BCUT2D eigenvalue weighted by atomic mass is 10.1. The van der Waals surface area contributed by atoms with E-state index in [2.05, 4.69) is 10.3 Å². The van der Waals surface area contributed by atoms with E-state index < -0.39 is 11.9 Å². The molecule has 118 valence electrons. The number of carbonyl (C=O) groups is 2. The van der Waals surface area contributed by atoms with Crippen molar-refractivity contribution in [2.24, 2.45) is 0 Å². The maximum absolute atomic E-state index is 12.1. The standard InChI is InChI=1S/C14H17N3O4S/c18-11(19)5-3-1-2-4-6-15-12(20)10-9-16-14-17(13(10)21)7-8-22-14/h7-9H,1-6H2,(H,15,20)(H,18,19). The van der Waals surface area contributed by atoms with Gasteiger partial charge in [0, 0.05) is 30.7 Å². The molecule has 0 unspecified atom stereocenters. The van der Waals surface area contributed by atoms with Crippen LogP contribution in [0.5, 0.6) is 0 Å². The predicted molar refractivity (Wildman–Crippen MR) is 82.4 cm³/mol. The number of hydrogen-bond donors (Lipinski definition) is 2. The number of thiazole rings is 1. The second-order valence-corrected chi connectivity index (χ2v) is 5.72. The van der Waals surface area contributed by atoms with Crippen LogP contribution in [0.25, 0.3) is 4.96 Å². The van der Waals surface area contributed by atoms with Gasteiger partial charge in [0.1, 0.15) is 5.56 Å². The van der Waals surface area contributed by atoms with Crippen LogP contribution in [0.3, 0.4) is 0 Å². The molecule has 0 saturated carbocycles. The lowest BCUT2D eigenvalue weighted by molar-refractivity contribution is -0.137. The van der Waals surface area contributed by atoms with Crippen LogP contribution in [0.4, 0.5) is 0 Å². The average Bonchev–Trinajstić information content (AvgIpc) is 2.95. The van der Waals surface area contributed by atoms with E-state index in [4.69, 9.17) is 5.11 Å². The molecule has 22 heavy (non-hydrogen) atoms. The smallest absolute Gasteiger partial charge is 0.303 e. The van der Waals surface area contributed by atoms with Gasteiger partial charge in [0.15, 0.2) is 4.96 Å². The van der Waals surface area contributed by atoms with E-state index in [1.54, 1.807) is 11.6 Å². The number of fused-ring (bicyclic) bond motifs is 1. The number of carboxylic acids is 1. The van der Waals surface area contributed by atoms with Gasteiger partial charge in [-0.2, -0.15) is 0 Å². The van der Waals surface area contributed by atoms with Crippen LogP contribution >= 0.6 is 11.3 Å². The molecular formula is C14H17N3O4S. The Balaban J connectivity index is 1.78. The van der Waals surface area contributed by atoms with Crippen molar-refractivity contribution in [3.05, 3.63) is 33.7 Å². The molecule has 0 aliphatic rings. The summed E-state index contributed by atoms with van der Waals surface area (Å²) in [5.74, 6) is -1.21. The minimum absolute atomic E-state index is 0.0294. The minimum atomic E-state index is -0.787. The Bertz CT molecular complexity index is 722. The summed E-state index contributed by atoms with van der Waals surface area (Å²) in [6.45, 7) is 0.456. The van der Waals surface area contributed by atoms with Crippen molar-refractivity contribution < 1.29 is 14.7 Å². The second-order valence-electron chi connectivity index (χ2n) is 4.85. The Hall–Kier alpha value is -2.22. The van der Waals surface area contributed by atoms with Gasteiger partial charge in [-0.3, -0.25) is 18.8 Å². The van der Waals surface area contributed by atoms with E-state index in [9.17, 15) is 14.4 Å². The number of aromatic nitrogens is 2. The molecule has 0 radical (unpaired) electrons. The van der Waals surface area contributed by atoms with E-state index in [1.165, 1.54) is 21.9 Å². The molecule has 0 spiro atoms. The third-order valence-corrected chi connectivity index (χ3v) is 3.96. The van der Waals surface area contributed by atoms with Gasteiger partial charge in [-0.1, -0.05) is 12.8 Å². The molecule has 0 atom stereocenters. The van der Waals surface area contributed by atoms with Crippen LogP contribution in [0, 0.1) is 0 Å². The molecule has 2 rings (SSSR count). The molecule has 0 fully saturated rings. The maximum Gasteiger partial charge on any atom is 0.303 e. The van der Waals surface area contributed by atoms with Crippen LogP contribution in [-0.2, 0) is 4.79 Å². The van der Waals surface area contributed by atoms with Crippen molar-refractivity contribution in [1.29, 1.82) is 0 Å². The molecule has 0 aliphatic carbocycles. The van der Waals surface area contributed by atoms with Gasteiger partial charge in [-0.15, -0.1) is 11.3 Å². The zero-order valence-corrected chi connectivity index (χ0v) is 12.8. The van der Waals surface area contributed by atoms with Crippen molar-refractivity contribution in [2.45, 2.75) is 32.1 Å². The third-order valence-electron chi connectivity index (χ3n) is 3.19. The van der Waals surface area contributed by atoms with E-state index >= 15 is 0 Å². The molecule has 2 heterocycles. The number of nitrogens with zero attached hydrogens (tertiary/aromatic N) is 2. The number of rotatable bonds is 8. The van der Waals surface area contributed by atoms with Gasteiger partial charge in [0.05, 0.1) is 0 Å². The zero-order chi connectivity index (χ0) is 15.9. The van der Waals surface area contributed by atoms with Crippen LogP contribution in [-0.4, -0.2) is 32.9 Å². The number of carboxylic acid groups (broad SMARTS) is 1. The quantitative estimate of drug-likeness (QED) is 0.717. The number of unbranched alkanes of at least 4 members (excludes halogenated alkanes) is 3. The van der Waals surface area contributed by atoms with Crippen molar-refractivity contribution in [3.63, 3.8) is 0 Å². The van der Waals surface area contributed by atoms with Crippen LogP contribution in [0.2, 0.25) is 0 Å². The van der Waals surface area contributed by atoms with E-state index in [-0.39, 0.29) is 17.5 Å². The molecule has 7 nitrogen and oxygen atoms in total. The third kappa shape index (κ3) is 4.14. The highest BCUT2D eigenvalue weighted by atomic mass is 32.1. The first kappa shape index (κ1) is 16.2. The molecular weight excluding hydrogens is 306 g/mol. The lowest BCUT2D eigenvalue weighted by Gasteiger charge is -2.04. The largest absolute Gasteiger partial charge is 0.481 e. The van der Waals surface area contributed by atoms with Gasteiger partial charge in [-0.25, -0.2) is 4.98 Å². The second kappa shape index (κ2) is 7.69. The molecule has 1 amide bonds. The van der Waals surface area contributed by atoms with Crippen molar-refractivity contribution >= 4 is 28.2 Å². The van der Waals surface area contributed by atoms with Crippen molar-refractivity contribution in [2.75, 3.05) is 6.54 Å². The number of hydrogen-bond acceptors (Lipinski definition) is 5. The van der Waals surface area contributed by atoms with Crippen LogP contribution in [0.15, 0.2) is 22.6 Å². The van der Waals surface area contributed by atoms with Crippen LogP contribution in [0.1, 0.15) is 42.5 Å². The van der Waals surface area contributed by atoms with Gasteiger partial charge in [0.25, 0.3) is 11.5 Å². The first-order valence-corrected chi connectivity index (χ1v) is 7.92. The first-order chi connectivity index (χ1) is 10.6. The molecule has 0 aliphatic heterocycles. The Morgan fingerprint density at radius 3 is 2.82 bits per heavy atom. The highest BCUT2D eigenvalue weighted by Gasteiger charge is 2.12. The first-order valence-electron chi connectivity index (χ1n) is 7.04. The molecule has 0 saturated heterocycles. The Morgan fingerprint density at radius 1 is 1.27 bits per heavy atom. The monoisotopic (exact) mass is 323 g/mol. The summed E-state index contributed by atoms with van der Waals surface area (Å²) in [5, 5.41) is 12.9. The lowest BCUT2D eigenvalue weighted by Crippen LogP contribution is -2.31. The minimum Gasteiger partial charge on any atom is -0.481 e. The number of amides is 1. The van der Waals surface area contributed by atoms with Crippen molar-refractivity contribution in [1.82, 2.24) is 14.7 Å². The highest BCUT2D eigenvalue weighted by molar-refractivity contribution is 7.15. The molecule has 0 aromatic carbocycles.